The fourth-order valence-corrected chi connectivity index (χ4v) is 3.03. The van der Waals surface area contributed by atoms with E-state index in [1.54, 1.807) is 18.2 Å². The standard InChI is InChI=1S/C25H20N2O4/c1-30-25(29)19-11-6-18(7-12-19)16-31-20-13-8-17(9-14-20)10-15-23-24(28)27-22-5-3-2-4-21(22)26-23/h2-15H,16H2,1H3,(H,27,28)/b15-10+. The molecule has 0 aliphatic heterocycles. The van der Waals surface area contributed by atoms with Crippen LogP contribution in [0.15, 0.2) is 77.6 Å². The van der Waals surface area contributed by atoms with Crippen molar-refractivity contribution < 1.29 is 14.3 Å². The van der Waals surface area contributed by atoms with E-state index in [4.69, 9.17) is 9.47 Å². The summed E-state index contributed by atoms with van der Waals surface area (Å²) < 4.78 is 10.5. The molecule has 0 fully saturated rings. The van der Waals surface area contributed by atoms with E-state index < -0.39 is 0 Å². The van der Waals surface area contributed by atoms with Crippen molar-refractivity contribution >= 4 is 29.2 Å². The zero-order chi connectivity index (χ0) is 21.6. The Hall–Kier alpha value is -4.19. The molecule has 0 radical (unpaired) electrons. The van der Waals surface area contributed by atoms with Gasteiger partial charge in [-0.1, -0.05) is 42.5 Å². The molecule has 0 amide bonds. The van der Waals surface area contributed by atoms with E-state index in [2.05, 4.69) is 9.97 Å². The number of esters is 1. The van der Waals surface area contributed by atoms with Crippen molar-refractivity contribution in [3.8, 4) is 5.75 Å². The molecule has 0 atom stereocenters. The minimum absolute atomic E-state index is 0.229. The number of nitrogens with one attached hydrogen (secondary N) is 1. The first-order chi connectivity index (χ1) is 15.1. The lowest BCUT2D eigenvalue weighted by molar-refractivity contribution is 0.0600. The van der Waals surface area contributed by atoms with Crippen molar-refractivity contribution in [2.75, 3.05) is 7.11 Å². The number of carbonyl (C=O) groups is 1. The van der Waals surface area contributed by atoms with Crippen LogP contribution in [0.2, 0.25) is 0 Å². The normalized spacial score (nSPS) is 11.0. The molecule has 154 valence electrons. The molecule has 4 rings (SSSR count). The van der Waals surface area contributed by atoms with Gasteiger partial charge in [0.1, 0.15) is 18.1 Å². The summed E-state index contributed by atoms with van der Waals surface area (Å²) in [5.41, 5.74) is 3.95. The fourth-order valence-electron chi connectivity index (χ4n) is 3.03. The number of methoxy groups -OCH3 is 1. The third-order valence-electron chi connectivity index (χ3n) is 4.72. The van der Waals surface area contributed by atoms with Crippen molar-refractivity contribution in [3.63, 3.8) is 0 Å². The number of aromatic amines is 1. The van der Waals surface area contributed by atoms with Crippen LogP contribution in [0.4, 0.5) is 0 Å². The molecule has 1 heterocycles. The van der Waals surface area contributed by atoms with Crippen LogP contribution in [-0.4, -0.2) is 23.0 Å². The average molecular weight is 412 g/mol. The molecule has 6 heteroatoms. The SMILES string of the molecule is COC(=O)c1ccc(COc2ccc(/C=C/c3nc4ccccc4[nH]c3=O)cc2)cc1. The van der Waals surface area contributed by atoms with E-state index in [0.29, 0.717) is 23.4 Å². The van der Waals surface area contributed by atoms with Crippen LogP contribution >= 0.6 is 0 Å². The molecule has 0 spiro atoms. The number of aromatic nitrogens is 2. The van der Waals surface area contributed by atoms with E-state index in [9.17, 15) is 9.59 Å². The molecule has 0 unspecified atom stereocenters. The van der Waals surface area contributed by atoms with Gasteiger partial charge in [0.15, 0.2) is 0 Å². The van der Waals surface area contributed by atoms with Gasteiger partial charge in [0, 0.05) is 0 Å². The summed E-state index contributed by atoms with van der Waals surface area (Å²) in [5.74, 6) is 0.355. The van der Waals surface area contributed by atoms with Gasteiger partial charge in [-0.25, -0.2) is 9.78 Å². The highest BCUT2D eigenvalue weighted by Gasteiger charge is 2.05. The lowest BCUT2D eigenvalue weighted by Gasteiger charge is -2.07. The second-order valence-electron chi connectivity index (χ2n) is 6.85. The predicted octanol–water partition coefficient (Wildman–Crippen LogP) is 4.46. The Bertz CT molecular complexity index is 1290. The molecule has 1 aromatic heterocycles. The number of H-pyrrole nitrogens is 1. The summed E-state index contributed by atoms with van der Waals surface area (Å²) in [4.78, 5) is 30.9. The van der Waals surface area contributed by atoms with Gasteiger partial charge in [-0.15, -0.1) is 0 Å². The molecule has 0 saturated heterocycles. The highest BCUT2D eigenvalue weighted by Crippen LogP contribution is 2.16. The number of hydrogen-bond acceptors (Lipinski definition) is 5. The molecular weight excluding hydrogens is 392 g/mol. The third kappa shape index (κ3) is 4.87. The van der Waals surface area contributed by atoms with Crippen molar-refractivity contribution in [1.82, 2.24) is 9.97 Å². The van der Waals surface area contributed by atoms with Gasteiger partial charge in [-0.05, 0) is 53.6 Å². The van der Waals surface area contributed by atoms with Gasteiger partial charge >= 0.3 is 5.97 Å². The number of rotatable bonds is 6. The monoisotopic (exact) mass is 412 g/mol. The average Bonchev–Trinajstić information content (AvgIpc) is 2.82. The first kappa shape index (κ1) is 20.1. The largest absolute Gasteiger partial charge is 0.489 e. The molecular formula is C25H20N2O4. The maximum Gasteiger partial charge on any atom is 0.337 e. The Morgan fingerprint density at radius 2 is 1.71 bits per heavy atom. The zero-order valence-electron chi connectivity index (χ0n) is 16.9. The Balaban J connectivity index is 1.40. The minimum Gasteiger partial charge on any atom is -0.489 e. The Morgan fingerprint density at radius 1 is 0.968 bits per heavy atom. The van der Waals surface area contributed by atoms with Gasteiger partial charge in [0.2, 0.25) is 0 Å². The first-order valence-corrected chi connectivity index (χ1v) is 9.69. The summed E-state index contributed by atoms with van der Waals surface area (Å²) >= 11 is 0. The number of hydrogen-bond donors (Lipinski definition) is 1. The van der Waals surface area contributed by atoms with Gasteiger partial charge in [-0.2, -0.15) is 0 Å². The third-order valence-corrected chi connectivity index (χ3v) is 4.72. The maximum atomic E-state index is 12.2. The molecule has 0 aliphatic rings. The molecule has 0 bridgehead atoms. The van der Waals surface area contributed by atoms with E-state index in [0.717, 1.165) is 22.4 Å². The van der Waals surface area contributed by atoms with Crippen LogP contribution in [0, 0.1) is 0 Å². The van der Waals surface area contributed by atoms with E-state index in [-0.39, 0.29) is 11.5 Å². The molecule has 1 N–H and O–H groups in total. The van der Waals surface area contributed by atoms with E-state index in [1.165, 1.54) is 7.11 Å². The number of fused-ring (bicyclic) bond motifs is 1. The van der Waals surface area contributed by atoms with Crippen LogP contribution in [0.1, 0.15) is 27.2 Å². The summed E-state index contributed by atoms with van der Waals surface area (Å²) in [5, 5.41) is 0. The molecule has 6 nitrogen and oxygen atoms in total. The quantitative estimate of drug-likeness (QED) is 0.473. The molecule has 3 aromatic carbocycles. The summed E-state index contributed by atoms with van der Waals surface area (Å²) in [6, 6.07) is 22.0. The lowest BCUT2D eigenvalue weighted by Crippen LogP contribution is -2.11. The molecule has 31 heavy (non-hydrogen) atoms. The van der Waals surface area contributed by atoms with Crippen molar-refractivity contribution in [2.24, 2.45) is 0 Å². The van der Waals surface area contributed by atoms with Crippen LogP contribution in [0.5, 0.6) is 5.75 Å². The van der Waals surface area contributed by atoms with E-state index in [1.807, 2.05) is 66.7 Å². The highest BCUT2D eigenvalue weighted by atomic mass is 16.5. The number of carbonyl (C=O) groups excluding carboxylic acids is 1. The molecule has 0 aliphatic carbocycles. The van der Waals surface area contributed by atoms with Gasteiger partial charge < -0.3 is 14.5 Å². The van der Waals surface area contributed by atoms with Crippen LogP contribution in [0.3, 0.4) is 0 Å². The molecule has 0 saturated carbocycles. The first-order valence-electron chi connectivity index (χ1n) is 9.69. The van der Waals surface area contributed by atoms with Crippen LogP contribution in [0.25, 0.3) is 23.2 Å². The van der Waals surface area contributed by atoms with Crippen LogP contribution in [-0.2, 0) is 11.3 Å². The number of ether oxygens (including phenoxy) is 2. The number of nitrogens with zero attached hydrogens (tertiary/aromatic N) is 1. The second kappa shape index (κ2) is 9.09. The minimum atomic E-state index is -0.364. The van der Waals surface area contributed by atoms with Crippen molar-refractivity contribution in [2.45, 2.75) is 6.61 Å². The maximum absolute atomic E-state index is 12.2. The van der Waals surface area contributed by atoms with Crippen molar-refractivity contribution in [1.29, 1.82) is 0 Å². The molecule has 4 aromatic rings. The number of para-hydroxylation sites is 2. The summed E-state index contributed by atoms with van der Waals surface area (Å²) in [6.45, 7) is 0.382. The van der Waals surface area contributed by atoms with E-state index >= 15 is 0 Å². The number of benzene rings is 3. The topological polar surface area (TPSA) is 81.3 Å². The lowest BCUT2D eigenvalue weighted by atomic mass is 10.1. The second-order valence-corrected chi connectivity index (χ2v) is 6.85. The van der Waals surface area contributed by atoms with Gasteiger partial charge in [0.05, 0.1) is 23.7 Å². The van der Waals surface area contributed by atoms with Gasteiger partial charge in [-0.3, -0.25) is 4.79 Å². The smallest absolute Gasteiger partial charge is 0.337 e. The van der Waals surface area contributed by atoms with Crippen LogP contribution < -0.4 is 10.3 Å². The Labute approximate surface area is 178 Å². The zero-order valence-corrected chi connectivity index (χ0v) is 16.9. The summed E-state index contributed by atoms with van der Waals surface area (Å²) in [7, 11) is 1.36. The van der Waals surface area contributed by atoms with Crippen molar-refractivity contribution in [3.05, 3.63) is 106 Å². The fraction of sp³-hybridized carbons (Fsp3) is 0.0800. The van der Waals surface area contributed by atoms with Gasteiger partial charge in [0.25, 0.3) is 5.56 Å². The summed E-state index contributed by atoms with van der Waals surface area (Å²) in [6.07, 6.45) is 3.53. The Morgan fingerprint density at radius 3 is 2.45 bits per heavy atom. The predicted molar refractivity (Wildman–Crippen MR) is 120 cm³/mol. The highest BCUT2D eigenvalue weighted by molar-refractivity contribution is 5.89. The Kier molecular flexibility index (Phi) is 5.89.